The molecule has 1 aromatic rings. The summed E-state index contributed by atoms with van der Waals surface area (Å²) in [6.45, 7) is 4.20. The first-order valence-electron chi connectivity index (χ1n) is 7.01. The van der Waals surface area contributed by atoms with Crippen LogP contribution in [0.25, 0.3) is 0 Å². The van der Waals surface area contributed by atoms with Gasteiger partial charge < -0.3 is 10.1 Å². The molecule has 0 heterocycles. The Labute approximate surface area is 115 Å². The van der Waals surface area contributed by atoms with Crippen LogP contribution >= 0.6 is 0 Å². The molecule has 1 aliphatic carbocycles. The van der Waals surface area contributed by atoms with E-state index in [0.717, 1.165) is 13.1 Å². The number of rotatable bonds is 7. The maximum Gasteiger partial charge on any atom is 0.136 e. The maximum atomic E-state index is 8.94. The first-order chi connectivity index (χ1) is 9.23. The molecular weight excluding hydrogens is 236 g/mol. The number of nitriles is 1. The number of methoxy groups -OCH3 is 1. The van der Waals surface area contributed by atoms with Crippen LogP contribution < -0.4 is 10.1 Å². The maximum absolute atomic E-state index is 8.94. The van der Waals surface area contributed by atoms with Gasteiger partial charge in [0.2, 0.25) is 0 Å². The van der Waals surface area contributed by atoms with E-state index in [0.29, 0.717) is 16.7 Å². The third-order valence-corrected chi connectivity index (χ3v) is 3.95. The van der Waals surface area contributed by atoms with Crippen LogP contribution in [-0.2, 0) is 6.54 Å². The van der Waals surface area contributed by atoms with Gasteiger partial charge in [-0.2, -0.15) is 5.26 Å². The standard InChI is InChI=1S/C16H22N2O/c1-3-6-16(7-8-16)12-18-11-13-4-5-14(10-17)15(9-13)19-2/h4-5,9,18H,3,6-8,11-12H2,1-2H3. The molecule has 0 saturated heterocycles. The molecule has 0 bridgehead atoms. The van der Waals surface area contributed by atoms with E-state index in [1.54, 1.807) is 7.11 Å². The Morgan fingerprint density at radius 1 is 1.42 bits per heavy atom. The highest BCUT2D eigenvalue weighted by Crippen LogP contribution is 2.48. The van der Waals surface area contributed by atoms with Gasteiger partial charge in [0.15, 0.2) is 0 Å². The van der Waals surface area contributed by atoms with E-state index in [1.807, 2.05) is 18.2 Å². The quantitative estimate of drug-likeness (QED) is 0.816. The van der Waals surface area contributed by atoms with Gasteiger partial charge in [0.05, 0.1) is 12.7 Å². The van der Waals surface area contributed by atoms with Crippen LogP contribution in [0, 0.1) is 16.7 Å². The van der Waals surface area contributed by atoms with Crippen molar-refractivity contribution >= 4 is 0 Å². The van der Waals surface area contributed by atoms with Crippen molar-refractivity contribution in [2.45, 2.75) is 39.2 Å². The lowest BCUT2D eigenvalue weighted by Crippen LogP contribution is -2.23. The second-order valence-electron chi connectivity index (χ2n) is 5.50. The monoisotopic (exact) mass is 258 g/mol. The van der Waals surface area contributed by atoms with Crippen molar-refractivity contribution in [3.05, 3.63) is 29.3 Å². The van der Waals surface area contributed by atoms with Crippen molar-refractivity contribution in [3.8, 4) is 11.8 Å². The van der Waals surface area contributed by atoms with Gasteiger partial charge >= 0.3 is 0 Å². The summed E-state index contributed by atoms with van der Waals surface area (Å²) in [5, 5.41) is 12.5. The fraction of sp³-hybridized carbons (Fsp3) is 0.562. The Hall–Kier alpha value is -1.53. The molecule has 1 N–H and O–H groups in total. The molecule has 1 fully saturated rings. The van der Waals surface area contributed by atoms with Crippen molar-refractivity contribution in [3.63, 3.8) is 0 Å². The molecule has 0 unspecified atom stereocenters. The molecule has 3 heteroatoms. The molecule has 1 saturated carbocycles. The van der Waals surface area contributed by atoms with Crippen molar-refractivity contribution in [1.82, 2.24) is 5.32 Å². The second-order valence-corrected chi connectivity index (χ2v) is 5.50. The van der Waals surface area contributed by atoms with Crippen molar-refractivity contribution < 1.29 is 4.74 Å². The number of hydrogen-bond acceptors (Lipinski definition) is 3. The molecular formula is C16H22N2O. The summed E-state index contributed by atoms with van der Waals surface area (Å²) in [5.41, 5.74) is 2.34. The number of nitrogens with one attached hydrogen (secondary N) is 1. The zero-order valence-corrected chi connectivity index (χ0v) is 11.8. The molecule has 102 valence electrons. The first kappa shape index (κ1) is 13.9. The van der Waals surface area contributed by atoms with E-state index in [4.69, 9.17) is 10.00 Å². The summed E-state index contributed by atoms with van der Waals surface area (Å²) in [4.78, 5) is 0. The molecule has 1 aromatic carbocycles. The highest BCUT2D eigenvalue weighted by Gasteiger charge is 2.40. The van der Waals surface area contributed by atoms with Gasteiger partial charge in [0.25, 0.3) is 0 Å². The normalized spacial score (nSPS) is 15.8. The molecule has 19 heavy (non-hydrogen) atoms. The van der Waals surface area contributed by atoms with Crippen molar-refractivity contribution in [2.24, 2.45) is 5.41 Å². The number of benzene rings is 1. The molecule has 3 nitrogen and oxygen atoms in total. The van der Waals surface area contributed by atoms with E-state index in [2.05, 4.69) is 18.3 Å². The Kier molecular flexibility index (Phi) is 4.44. The highest BCUT2D eigenvalue weighted by molar-refractivity contribution is 5.45. The van der Waals surface area contributed by atoms with Gasteiger partial charge in [-0.15, -0.1) is 0 Å². The highest BCUT2D eigenvalue weighted by atomic mass is 16.5. The SMILES string of the molecule is CCCC1(CNCc2ccc(C#N)c(OC)c2)CC1. The van der Waals surface area contributed by atoms with Crippen LogP contribution in [0.5, 0.6) is 5.75 Å². The number of ether oxygens (including phenoxy) is 1. The fourth-order valence-corrected chi connectivity index (χ4v) is 2.63. The lowest BCUT2D eigenvalue weighted by molar-refractivity contribution is 0.410. The van der Waals surface area contributed by atoms with Gasteiger partial charge in [0.1, 0.15) is 11.8 Å². The lowest BCUT2D eigenvalue weighted by atomic mass is 10.0. The Morgan fingerprint density at radius 2 is 2.21 bits per heavy atom. The third-order valence-electron chi connectivity index (χ3n) is 3.95. The van der Waals surface area contributed by atoms with Gasteiger partial charge in [0, 0.05) is 13.1 Å². The van der Waals surface area contributed by atoms with Crippen LogP contribution in [0.3, 0.4) is 0 Å². The predicted molar refractivity (Wildman–Crippen MR) is 76.0 cm³/mol. The largest absolute Gasteiger partial charge is 0.495 e. The van der Waals surface area contributed by atoms with Crippen LogP contribution in [-0.4, -0.2) is 13.7 Å². The Balaban J connectivity index is 1.88. The van der Waals surface area contributed by atoms with Gasteiger partial charge in [-0.25, -0.2) is 0 Å². The van der Waals surface area contributed by atoms with Crippen LogP contribution in [0.4, 0.5) is 0 Å². The zero-order valence-electron chi connectivity index (χ0n) is 11.8. The minimum Gasteiger partial charge on any atom is -0.495 e. The van der Waals surface area contributed by atoms with E-state index in [9.17, 15) is 0 Å². The molecule has 1 aliphatic rings. The number of nitrogens with zero attached hydrogens (tertiary/aromatic N) is 1. The molecule has 0 atom stereocenters. The zero-order chi connectivity index (χ0) is 13.7. The van der Waals surface area contributed by atoms with E-state index in [1.165, 1.54) is 31.2 Å². The summed E-state index contributed by atoms with van der Waals surface area (Å²) < 4.78 is 5.22. The topological polar surface area (TPSA) is 45.0 Å². The second kappa shape index (κ2) is 6.08. The Morgan fingerprint density at radius 3 is 2.79 bits per heavy atom. The smallest absolute Gasteiger partial charge is 0.136 e. The van der Waals surface area contributed by atoms with Crippen molar-refractivity contribution in [1.29, 1.82) is 5.26 Å². The molecule has 0 aromatic heterocycles. The lowest BCUT2D eigenvalue weighted by Gasteiger charge is -2.15. The number of hydrogen-bond donors (Lipinski definition) is 1. The average Bonchev–Trinajstić information content (AvgIpc) is 3.19. The van der Waals surface area contributed by atoms with Crippen LogP contribution in [0.2, 0.25) is 0 Å². The Bertz CT molecular complexity index is 472. The fourth-order valence-electron chi connectivity index (χ4n) is 2.63. The molecule has 0 aliphatic heterocycles. The van der Waals surface area contributed by atoms with Gasteiger partial charge in [-0.05, 0) is 42.4 Å². The summed E-state index contributed by atoms with van der Waals surface area (Å²) in [5.74, 6) is 0.663. The van der Waals surface area contributed by atoms with Gasteiger partial charge in [-0.3, -0.25) is 0 Å². The third kappa shape index (κ3) is 3.48. The minimum absolute atomic E-state index is 0.575. The predicted octanol–water partition coefficient (Wildman–Crippen LogP) is 3.24. The molecule has 2 rings (SSSR count). The van der Waals surface area contributed by atoms with E-state index >= 15 is 0 Å². The van der Waals surface area contributed by atoms with E-state index in [-0.39, 0.29) is 0 Å². The summed E-state index contributed by atoms with van der Waals surface area (Å²) in [6, 6.07) is 7.91. The first-order valence-corrected chi connectivity index (χ1v) is 7.01. The molecule has 0 spiro atoms. The van der Waals surface area contributed by atoms with Crippen LogP contribution in [0.15, 0.2) is 18.2 Å². The van der Waals surface area contributed by atoms with E-state index < -0.39 is 0 Å². The molecule has 0 radical (unpaired) electrons. The van der Waals surface area contributed by atoms with Crippen LogP contribution in [0.1, 0.15) is 43.7 Å². The summed E-state index contributed by atoms with van der Waals surface area (Å²) in [6.07, 6.45) is 5.33. The summed E-state index contributed by atoms with van der Waals surface area (Å²) in [7, 11) is 1.60. The van der Waals surface area contributed by atoms with Gasteiger partial charge in [-0.1, -0.05) is 19.4 Å². The van der Waals surface area contributed by atoms with Crippen molar-refractivity contribution in [2.75, 3.05) is 13.7 Å². The average molecular weight is 258 g/mol. The minimum atomic E-state index is 0.575. The summed E-state index contributed by atoms with van der Waals surface area (Å²) >= 11 is 0. The molecule has 0 amide bonds.